The van der Waals surface area contributed by atoms with Crippen molar-refractivity contribution in [2.75, 3.05) is 5.32 Å². The Morgan fingerprint density at radius 2 is 1.54 bits per heavy atom. The molecular formula is C27H20FN3O3S. The molecule has 2 aromatic heterocycles. The summed E-state index contributed by atoms with van der Waals surface area (Å²) in [6.45, 7) is 0.199. The summed E-state index contributed by atoms with van der Waals surface area (Å²) in [5, 5.41) is 4.61. The van der Waals surface area contributed by atoms with Gasteiger partial charge in [0.1, 0.15) is 10.5 Å². The number of nitrogens with zero attached hydrogens (tertiary/aromatic N) is 2. The smallest absolute Gasteiger partial charge is 0.326 e. The molecule has 0 bridgehead atoms. The number of rotatable bonds is 6. The zero-order valence-electron chi connectivity index (χ0n) is 18.5. The van der Waals surface area contributed by atoms with Gasteiger partial charge in [-0.15, -0.1) is 11.3 Å². The number of anilines is 1. The van der Waals surface area contributed by atoms with Crippen LogP contribution in [0.15, 0.2) is 99.9 Å². The lowest BCUT2D eigenvalue weighted by Crippen LogP contribution is -2.38. The highest BCUT2D eigenvalue weighted by atomic mass is 32.1. The predicted molar refractivity (Wildman–Crippen MR) is 136 cm³/mol. The Labute approximate surface area is 203 Å². The van der Waals surface area contributed by atoms with Crippen LogP contribution in [0.5, 0.6) is 0 Å². The Morgan fingerprint density at radius 1 is 0.857 bits per heavy atom. The van der Waals surface area contributed by atoms with Gasteiger partial charge in [-0.25, -0.2) is 13.8 Å². The third-order valence-corrected chi connectivity index (χ3v) is 6.52. The van der Waals surface area contributed by atoms with Crippen molar-refractivity contribution in [1.29, 1.82) is 0 Å². The van der Waals surface area contributed by atoms with Crippen molar-refractivity contribution in [2.24, 2.45) is 0 Å². The summed E-state index contributed by atoms with van der Waals surface area (Å²) in [4.78, 5) is 39.0. The van der Waals surface area contributed by atoms with Crippen LogP contribution in [0.25, 0.3) is 15.9 Å². The summed E-state index contributed by atoms with van der Waals surface area (Å²) >= 11 is 1.27. The van der Waals surface area contributed by atoms with E-state index in [1.165, 1.54) is 28.0 Å². The Hall–Kier alpha value is -4.30. The van der Waals surface area contributed by atoms with Crippen molar-refractivity contribution in [3.63, 3.8) is 0 Å². The minimum Gasteiger partial charge on any atom is -0.326 e. The van der Waals surface area contributed by atoms with Crippen LogP contribution in [0.3, 0.4) is 0 Å². The molecular weight excluding hydrogens is 465 g/mol. The zero-order chi connectivity index (χ0) is 24.4. The van der Waals surface area contributed by atoms with E-state index in [1.54, 1.807) is 47.8 Å². The maximum absolute atomic E-state index is 13.4. The number of para-hydroxylation sites is 1. The molecule has 0 fully saturated rings. The molecule has 0 radical (unpaired) electrons. The third-order valence-electron chi connectivity index (χ3n) is 5.63. The monoisotopic (exact) mass is 485 g/mol. The van der Waals surface area contributed by atoms with E-state index in [2.05, 4.69) is 5.32 Å². The zero-order valence-corrected chi connectivity index (χ0v) is 19.3. The van der Waals surface area contributed by atoms with Gasteiger partial charge in [-0.3, -0.25) is 14.2 Å². The molecule has 0 atom stereocenters. The Bertz CT molecular complexity index is 1620. The van der Waals surface area contributed by atoms with Gasteiger partial charge in [-0.05, 0) is 59.0 Å². The predicted octanol–water partition coefficient (Wildman–Crippen LogP) is 4.58. The van der Waals surface area contributed by atoms with Crippen LogP contribution in [0.1, 0.15) is 11.1 Å². The number of carbonyl (C=O) groups is 1. The fourth-order valence-electron chi connectivity index (χ4n) is 3.92. The molecule has 1 N–H and O–H groups in total. The Balaban J connectivity index is 1.46. The van der Waals surface area contributed by atoms with Crippen molar-refractivity contribution < 1.29 is 9.18 Å². The first-order valence-electron chi connectivity index (χ1n) is 10.9. The van der Waals surface area contributed by atoms with E-state index in [4.69, 9.17) is 0 Å². The van der Waals surface area contributed by atoms with E-state index >= 15 is 0 Å². The summed E-state index contributed by atoms with van der Waals surface area (Å²) < 4.78 is 16.4. The van der Waals surface area contributed by atoms with Crippen molar-refractivity contribution in [1.82, 2.24) is 9.13 Å². The van der Waals surface area contributed by atoms with Gasteiger partial charge < -0.3 is 5.32 Å². The minimum atomic E-state index is -0.486. The molecule has 0 aliphatic heterocycles. The second kappa shape index (κ2) is 9.52. The van der Waals surface area contributed by atoms with Crippen LogP contribution in [0.2, 0.25) is 0 Å². The van der Waals surface area contributed by atoms with Gasteiger partial charge in [0.15, 0.2) is 0 Å². The van der Waals surface area contributed by atoms with E-state index in [1.807, 2.05) is 30.3 Å². The standard InChI is InChI=1S/C27H20FN3O3S/c28-20-10-6-19(7-11-20)17-30-23-14-15-35-25(23)26(33)31(27(30)34)22-12-8-18(9-13-22)16-24(32)29-21-4-2-1-3-5-21/h1-15H,16-17H2,(H,29,32). The number of benzene rings is 3. The van der Waals surface area contributed by atoms with Crippen LogP contribution in [0, 0.1) is 5.82 Å². The molecule has 0 saturated heterocycles. The van der Waals surface area contributed by atoms with Gasteiger partial charge in [0.25, 0.3) is 5.56 Å². The molecule has 0 unspecified atom stereocenters. The highest BCUT2D eigenvalue weighted by molar-refractivity contribution is 7.17. The molecule has 0 aliphatic rings. The SMILES string of the molecule is O=C(Cc1ccc(-n2c(=O)c3sccc3n(Cc3ccc(F)cc3)c2=O)cc1)Nc1ccccc1. The average molecular weight is 486 g/mol. The van der Waals surface area contributed by atoms with Gasteiger partial charge >= 0.3 is 5.69 Å². The topological polar surface area (TPSA) is 73.1 Å². The van der Waals surface area contributed by atoms with Crippen LogP contribution < -0.4 is 16.6 Å². The van der Waals surface area contributed by atoms with Gasteiger partial charge in [0.2, 0.25) is 5.91 Å². The van der Waals surface area contributed by atoms with Gasteiger partial charge in [-0.2, -0.15) is 0 Å². The number of hydrogen-bond acceptors (Lipinski definition) is 4. The van der Waals surface area contributed by atoms with E-state index in [0.29, 0.717) is 21.6 Å². The molecule has 6 nitrogen and oxygen atoms in total. The number of halogens is 1. The number of fused-ring (bicyclic) bond motifs is 1. The second-order valence-corrected chi connectivity index (χ2v) is 8.94. The lowest BCUT2D eigenvalue weighted by atomic mass is 10.1. The lowest BCUT2D eigenvalue weighted by molar-refractivity contribution is -0.115. The minimum absolute atomic E-state index is 0.156. The van der Waals surface area contributed by atoms with Crippen LogP contribution in [-0.2, 0) is 17.8 Å². The number of aromatic nitrogens is 2. The highest BCUT2D eigenvalue weighted by Gasteiger charge is 2.16. The van der Waals surface area contributed by atoms with Gasteiger partial charge in [-0.1, -0.05) is 42.5 Å². The first-order valence-corrected chi connectivity index (χ1v) is 11.8. The van der Waals surface area contributed by atoms with Crippen LogP contribution in [-0.4, -0.2) is 15.0 Å². The summed E-state index contributed by atoms with van der Waals surface area (Å²) in [6, 6.07) is 23.6. The molecule has 1 amide bonds. The number of carbonyl (C=O) groups excluding carboxylic acids is 1. The normalized spacial score (nSPS) is 11.0. The van der Waals surface area contributed by atoms with Crippen molar-refractivity contribution in [3.05, 3.63) is 128 Å². The number of hydrogen-bond donors (Lipinski definition) is 1. The molecule has 3 aromatic carbocycles. The quantitative estimate of drug-likeness (QED) is 0.383. The molecule has 5 rings (SSSR count). The van der Waals surface area contributed by atoms with E-state index in [-0.39, 0.29) is 24.7 Å². The summed E-state index contributed by atoms with van der Waals surface area (Å²) in [5.41, 5.74) is 2.27. The van der Waals surface area contributed by atoms with Crippen molar-refractivity contribution in [2.45, 2.75) is 13.0 Å². The maximum atomic E-state index is 13.4. The fraction of sp³-hybridized carbons (Fsp3) is 0.0741. The van der Waals surface area contributed by atoms with Crippen LogP contribution in [0.4, 0.5) is 10.1 Å². The molecule has 35 heavy (non-hydrogen) atoms. The fourth-order valence-corrected chi connectivity index (χ4v) is 4.74. The van der Waals surface area contributed by atoms with Crippen LogP contribution >= 0.6 is 11.3 Å². The van der Waals surface area contributed by atoms with Gasteiger partial charge in [0, 0.05) is 5.69 Å². The second-order valence-electron chi connectivity index (χ2n) is 8.03. The highest BCUT2D eigenvalue weighted by Crippen LogP contribution is 2.18. The lowest BCUT2D eigenvalue weighted by Gasteiger charge is -2.13. The number of nitrogens with one attached hydrogen (secondary N) is 1. The molecule has 2 heterocycles. The molecule has 0 spiro atoms. The maximum Gasteiger partial charge on any atom is 0.336 e. The Morgan fingerprint density at radius 3 is 2.26 bits per heavy atom. The average Bonchev–Trinajstić information content (AvgIpc) is 3.35. The molecule has 5 aromatic rings. The van der Waals surface area contributed by atoms with E-state index in [9.17, 15) is 18.8 Å². The third kappa shape index (κ3) is 4.69. The summed E-state index contributed by atoms with van der Waals surface area (Å²) in [7, 11) is 0. The van der Waals surface area contributed by atoms with E-state index in [0.717, 1.165) is 15.7 Å². The first-order chi connectivity index (χ1) is 17.0. The molecule has 0 saturated carbocycles. The largest absolute Gasteiger partial charge is 0.336 e. The van der Waals surface area contributed by atoms with Gasteiger partial charge in [0.05, 0.1) is 24.2 Å². The van der Waals surface area contributed by atoms with E-state index < -0.39 is 11.2 Å². The number of amides is 1. The Kier molecular flexibility index (Phi) is 6.12. The summed E-state index contributed by atoms with van der Waals surface area (Å²) in [6.07, 6.45) is 0.156. The van der Waals surface area contributed by atoms with Crippen molar-refractivity contribution >= 4 is 33.1 Å². The molecule has 8 heteroatoms. The number of thiophene rings is 1. The summed E-state index contributed by atoms with van der Waals surface area (Å²) in [5.74, 6) is -0.521. The molecule has 174 valence electrons. The first kappa shape index (κ1) is 22.5. The molecule has 0 aliphatic carbocycles. The van der Waals surface area contributed by atoms with Crippen molar-refractivity contribution in [3.8, 4) is 5.69 Å².